The molecule has 3 nitrogen and oxygen atoms in total. The van der Waals surface area contributed by atoms with E-state index >= 15 is 0 Å². The van der Waals surface area contributed by atoms with Crippen molar-refractivity contribution in [2.75, 3.05) is 6.54 Å². The number of hydrogen-bond donors (Lipinski definition) is 2. The first-order chi connectivity index (χ1) is 9.08. The first-order valence-electron chi connectivity index (χ1n) is 7.13. The van der Waals surface area contributed by atoms with Crippen LogP contribution in [0.2, 0.25) is 0 Å². The number of nitrogens with one attached hydrogen (secondary N) is 1. The third kappa shape index (κ3) is 3.80. The Morgan fingerprint density at radius 3 is 2.89 bits per heavy atom. The van der Waals surface area contributed by atoms with Crippen molar-refractivity contribution < 1.29 is 9.90 Å². The van der Waals surface area contributed by atoms with E-state index in [1.54, 1.807) is 11.3 Å². The molecule has 1 atom stereocenters. The molecule has 2 rings (SSSR count). The molecule has 4 heteroatoms. The van der Waals surface area contributed by atoms with Crippen LogP contribution in [0.4, 0.5) is 0 Å². The van der Waals surface area contributed by atoms with Crippen molar-refractivity contribution in [3.63, 3.8) is 0 Å². The molecule has 1 aromatic heterocycles. The van der Waals surface area contributed by atoms with Crippen LogP contribution >= 0.6 is 11.3 Å². The minimum absolute atomic E-state index is 0.0257. The Morgan fingerprint density at radius 2 is 2.16 bits per heavy atom. The average molecular weight is 281 g/mol. The summed E-state index contributed by atoms with van der Waals surface area (Å²) in [6.45, 7) is 4.49. The minimum atomic E-state index is -0.446. The van der Waals surface area contributed by atoms with Crippen LogP contribution in [0, 0.1) is 5.92 Å². The van der Waals surface area contributed by atoms with Crippen molar-refractivity contribution in [2.24, 2.45) is 5.92 Å². The molecule has 0 saturated carbocycles. The molecule has 1 unspecified atom stereocenters. The molecule has 0 saturated heterocycles. The summed E-state index contributed by atoms with van der Waals surface area (Å²) in [5.74, 6) is 0.419. The highest BCUT2D eigenvalue weighted by Gasteiger charge is 2.20. The molecule has 1 heterocycles. The second kappa shape index (κ2) is 6.53. The fourth-order valence-corrected chi connectivity index (χ4v) is 3.74. The zero-order chi connectivity index (χ0) is 13.8. The fraction of sp³-hybridized carbons (Fsp3) is 0.667. The number of thiophene rings is 1. The van der Waals surface area contributed by atoms with Crippen molar-refractivity contribution in [1.29, 1.82) is 0 Å². The number of amides is 1. The van der Waals surface area contributed by atoms with Gasteiger partial charge in [-0.1, -0.05) is 13.8 Å². The van der Waals surface area contributed by atoms with Crippen molar-refractivity contribution in [1.82, 2.24) is 5.32 Å². The number of carbonyl (C=O) groups excluding carboxylic acids is 1. The molecule has 1 aliphatic carbocycles. The molecule has 1 aliphatic rings. The van der Waals surface area contributed by atoms with Gasteiger partial charge in [-0.2, -0.15) is 0 Å². The van der Waals surface area contributed by atoms with Crippen LogP contribution in [0.25, 0.3) is 0 Å². The second-order valence-electron chi connectivity index (χ2n) is 5.75. The number of aryl methyl sites for hydroxylation is 1. The number of fused-ring (bicyclic) bond motifs is 1. The van der Waals surface area contributed by atoms with Gasteiger partial charge in [-0.05, 0) is 43.6 Å². The van der Waals surface area contributed by atoms with E-state index in [9.17, 15) is 9.90 Å². The molecule has 1 aromatic rings. The molecule has 0 aliphatic heterocycles. The average Bonchev–Trinajstić information content (AvgIpc) is 2.79. The number of aliphatic hydroxyl groups excluding tert-OH is 1. The van der Waals surface area contributed by atoms with Gasteiger partial charge in [0.15, 0.2) is 0 Å². The van der Waals surface area contributed by atoms with Crippen molar-refractivity contribution in [3.8, 4) is 0 Å². The number of rotatable bonds is 5. The van der Waals surface area contributed by atoms with Gasteiger partial charge in [-0.15, -0.1) is 11.3 Å². The summed E-state index contributed by atoms with van der Waals surface area (Å²) >= 11 is 1.70. The van der Waals surface area contributed by atoms with E-state index < -0.39 is 6.10 Å². The van der Waals surface area contributed by atoms with E-state index in [1.165, 1.54) is 23.3 Å². The van der Waals surface area contributed by atoms with E-state index in [0.717, 1.165) is 24.8 Å². The van der Waals surface area contributed by atoms with E-state index in [4.69, 9.17) is 0 Å². The SMILES string of the molecule is CC(C)CC(O)CNC(=O)c1csc2c1CCCC2. The predicted molar refractivity (Wildman–Crippen MR) is 78.8 cm³/mol. The topological polar surface area (TPSA) is 49.3 Å². The summed E-state index contributed by atoms with van der Waals surface area (Å²) in [6.07, 6.45) is 4.83. The minimum Gasteiger partial charge on any atom is -0.391 e. The van der Waals surface area contributed by atoms with Gasteiger partial charge in [0.1, 0.15) is 0 Å². The van der Waals surface area contributed by atoms with Crippen LogP contribution < -0.4 is 5.32 Å². The lowest BCUT2D eigenvalue weighted by Crippen LogP contribution is -2.33. The molecule has 0 radical (unpaired) electrons. The Bertz CT molecular complexity index is 439. The summed E-state index contributed by atoms with van der Waals surface area (Å²) in [7, 11) is 0. The highest BCUT2D eigenvalue weighted by molar-refractivity contribution is 7.10. The fourth-order valence-electron chi connectivity index (χ4n) is 2.62. The highest BCUT2D eigenvalue weighted by atomic mass is 32.1. The van der Waals surface area contributed by atoms with Crippen molar-refractivity contribution in [3.05, 3.63) is 21.4 Å². The lowest BCUT2D eigenvalue weighted by molar-refractivity contribution is 0.0899. The van der Waals surface area contributed by atoms with Gasteiger partial charge in [0.2, 0.25) is 0 Å². The smallest absolute Gasteiger partial charge is 0.252 e. The van der Waals surface area contributed by atoms with Crippen LogP contribution in [-0.2, 0) is 12.8 Å². The number of hydrogen-bond acceptors (Lipinski definition) is 3. The monoisotopic (exact) mass is 281 g/mol. The molecule has 0 spiro atoms. The summed E-state index contributed by atoms with van der Waals surface area (Å²) in [6, 6.07) is 0. The van der Waals surface area contributed by atoms with Gasteiger partial charge >= 0.3 is 0 Å². The second-order valence-corrected chi connectivity index (χ2v) is 6.72. The van der Waals surface area contributed by atoms with Gasteiger partial charge in [0, 0.05) is 16.8 Å². The predicted octanol–water partition coefficient (Wildman–Crippen LogP) is 2.76. The van der Waals surface area contributed by atoms with Crippen molar-refractivity contribution >= 4 is 17.2 Å². The summed E-state index contributed by atoms with van der Waals surface area (Å²) < 4.78 is 0. The van der Waals surface area contributed by atoms with E-state index in [-0.39, 0.29) is 5.91 Å². The maximum atomic E-state index is 12.2. The zero-order valence-electron chi connectivity index (χ0n) is 11.7. The Kier molecular flexibility index (Phi) is 4.99. The molecule has 1 amide bonds. The molecular formula is C15H23NO2S. The third-order valence-electron chi connectivity index (χ3n) is 3.55. The van der Waals surface area contributed by atoms with Crippen LogP contribution in [0.5, 0.6) is 0 Å². The maximum Gasteiger partial charge on any atom is 0.252 e. The van der Waals surface area contributed by atoms with Gasteiger partial charge in [0.05, 0.1) is 11.7 Å². The zero-order valence-corrected chi connectivity index (χ0v) is 12.6. The van der Waals surface area contributed by atoms with Crippen LogP contribution in [-0.4, -0.2) is 23.7 Å². The molecule has 106 valence electrons. The Morgan fingerprint density at radius 1 is 1.42 bits per heavy atom. The Balaban J connectivity index is 1.91. The van der Waals surface area contributed by atoms with Gasteiger partial charge in [-0.3, -0.25) is 4.79 Å². The first kappa shape index (κ1) is 14.5. The van der Waals surface area contributed by atoms with Crippen LogP contribution in [0.3, 0.4) is 0 Å². The maximum absolute atomic E-state index is 12.2. The molecule has 0 aromatic carbocycles. The summed E-state index contributed by atoms with van der Waals surface area (Å²) in [5, 5.41) is 14.6. The third-order valence-corrected chi connectivity index (χ3v) is 4.64. The van der Waals surface area contributed by atoms with E-state index in [0.29, 0.717) is 12.5 Å². The van der Waals surface area contributed by atoms with Gasteiger partial charge in [0.25, 0.3) is 5.91 Å². The molecule has 2 N–H and O–H groups in total. The van der Waals surface area contributed by atoms with Crippen molar-refractivity contribution in [2.45, 2.75) is 52.1 Å². The van der Waals surface area contributed by atoms with Crippen LogP contribution in [0.1, 0.15) is 53.9 Å². The Labute approximate surface area is 119 Å². The number of aliphatic hydroxyl groups is 1. The standard InChI is InChI=1S/C15H23NO2S/c1-10(2)7-11(17)8-16-15(18)13-9-19-14-6-4-3-5-12(13)14/h9-11,17H,3-8H2,1-2H3,(H,16,18). The van der Waals surface area contributed by atoms with Crippen LogP contribution in [0.15, 0.2) is 5.38 Å². The van der Waals surface area contributed by atoms with Gasteiger partial charge < -0.3 is 10.4 Å². The van der Waals surface area contributed by atoms with E-state index in [2.05, 4.69) is 19.2 Å². The van der Waals surface area contributed by atoms with E-state index in [1.807, 2.05) is 5.38 Å². The number of carbonyl (C=O) groups is 1. The summed E-state index contributed by atoms with van der Waals surface area (Å²) in [4.78, 5) is 13.5. The first-order valence-corrected chi connectivity index (χ1v) is 8.01. The largest absolute Gasteiger partial charge is 0.391 e. The normalized spacial score (nSPS) is 16.2. The molecule has 19 heavy (non-hydrogen) atoms. The lowest BCUT2D eigenvalue weighted by atomic mass is 9.95. The highest BCUT2D eigenvalue weighted by Crippen LogP contribution is 2.30. The lowest BCUT2D eigenvalue weighted by Gasteiger charge is -2.15. The summed E-state index contributed by atoms with van der Waals surface area (Å²) in [5.41, 5.74) is 2.07. The molecule has 0 fully saturated rings. The van der Waals surface area contributed by atoms with Gasteiger partial charge in [-0.25, -0.2) is 0 Å². The Hall–Kier alpha value is -0.870. The molecular weight excluding hydrogens is 258 g/mol. The quantitative estimate of drug-likeness (QED) is 0.872. The molecule has 0 bridgehead atoms.